The molecule has 1 aromatic heterocycles. The van der Waals surface area contributed by atoms with Crippen LogP contribution in [0.1, 0.15) is 12.5 Å². The van der Waals surface area contributed by atoms with Crippen LogP contribution in [0.4, 0.5) is 5.69 Å². The summed E-state index contributed by atoms with van der Waals surface area (Å²) in [5.41, 5.74) is 1.63. The number of aromatic nitrogens is 2. The third-order valence-electron chi connectivity index (χ3n) is 2.51. The maximum atomic E-state index is 9.60. The summed E-state index contributed by atoms with van der Waals surface area (Å²) in [6.07, 6.45) is 3.64. The molecule has 90 valence electrons. The number of aromatic hydroxyl groups is 2. The summed E-state index contributed by atoms with van der Waals surface area (Å²) in [4.78, 5) is 0. The maximum absolute atomic E-state index is 9.60. The lowest BCUT2D eigenvalue weighted by molar-refractivity contribution is 0.446. The zero-order valence-electron chi connectivity index (χ0n) is 9.59. The van der Waals surface area contributed by atoms with Crippen LogP contribution < -0.4 is 5.32 Å². The van der Waals surface area contributed by atoms with Gasteiger partial charge in [0.15, 0.2) is 0 Å². The second kappa shape index (κ2) is 4.78. The molecule has 0 atom stereocenters. The van der Waals surface area contributed by atoms with Crippen LogP contribution in [0.2, 0.25) is 0 Å². The van der Waals surface area contributed by atoms with E-state index in [0.717, 1.165) is 17.8 Å². The van der Waals surface area contributed by atoms with Gasteiger partial charge in [-0.15, -0.1) is 0 Å². The van der Waals surface area contributed by atoms with Gasteiger partial charge in [0.2, 0.25) is 0 Å². The van der Waals surface area contributed by atoms with Crippen LogP contribution in [-0.2, 0) is 13.1 Å². The largest absolute Gasteiger partial charge is 0.508 e. The van der Waals surface area contributed by atoms with Crippen LogP contribution in [0.15, 0.2) is 30.6 Å². The number of hydrogen-bond donors (Lipinski definition) is 3. The van der Waals surface area contributed by atoms with Crippen molar-refractivity contribution in [3.05, 3.63) is 36.2 Å². The normalized spacial score (nSPS) is 10.4. The average Bonchev–Trinajstić information content (AvgIpc) is 2.76. The van der Waals surface area contributed by atoms with Crippen molar-refractivity contribution in [1.82, 2.24) is 9.78 Å². The number of hydrogen-bond acceptors (Lipinski definition) is 4. The van der Waals surface area contributed by atoms with Crippen molar-refractivity contribution in [2.45, 2.75) is 20.0 Å². The molecule has 1 heterocycles. The number of anilines is 1. The van der Waals surface area contributed by atoms with E-state index in [2.05, 4.69) is 10.4 Å². The molecule has 5 nitrogen and oxygen atoms in total. The van der Waals surface area contributed by atoms with Crippen molar-refractivity contribution in [1.29, 1.82) is 0 Å². The Balaban J connectivity index is 2.02. The monoisotopic (exact) mass is 233 g/mol. The minimum atomic E-state index is 0.0602. The van der Waals surface area contributed by atoms with Crippen molar-refractivity contribution in [3.63, 3.8) is 0 Å². The van der Waals surface area contributed by atoms with Gasteiger partial charge in [-0.1, -0.05) is 0 Å². The summed E-state index contributed by atoms with van der Waals surface area (Å²) in [6, 6.07) is 4.56. The molecule has 0 aliphatic carbocycles. The molecule has 1 aromatic carbocycles. The molecule has 0 amide bonds. The van der Waals surface area contributed by atoms with Crippen molar-refractivity contribution < 1.29 is 10.2 Å². The number of phenolic OH excluding ortho intramolecular Hbond substituents is 2. The second-order valence-corrected chi connectivity index (χ2v) is 3.75. The molecule has 0 fully saturated rings. The Kier molecular flexibility index (Phi) is 3.18. The third-order valence-corrected chi connectivity index (χ3v) is 2.51. The third kappa shape index (κ3) is 2.69. The molecule has 17 heavy (non-hydrogen) atoms. The molecule has 0 bridgehead atoms. The topological polar surface area (TPSA) is 70.3 Å². The van der Waals surface area contributed by atoms with Crippen molar-refractivity contribution in [3.8, 4) is 11.5 Å². The first-order chi connectivity index (χ1) is 8.19. The van der Waals surface area contributed by atoms with Gasteiger partial charge >= 0.3 is 0 Å². The molecule has 0 aliphatic rings. The van der Waals surface area contributed by atoms with E-state index in [0.29, 0.717) is 6.54 Å². The summed E-state index contributed by atoms with van der Waals surface area (Å²) in [5, 5.41) is 26.1. The molecule has 3 N–H and O–H groups in total. The Hall–Kier alpha value is -2.17. The first kappa shape index (κ1) is 11.3. The van der Waals surface area contributed by atoms with Crippen LogP contribution >= 0.6 is 0 Å². The summed E-state index contributed by atoms with van der Waals surface area (Å²) in [5.74, 6) is 0.144. The summed E-state index contributed by atoms with van der Waals surface area (Å²) in [6.45, 7) is 3.33. The van der Waals surface area contributed by atoms with Gasteiger partial charge in [-0.05, 0) is 19.1 Å². The molecule has 0 unspecified atom stereocenters. The Morgan fingerprint density at radius 1 is 1.35 bits per heavy atom. The van der Waals surface area contributed by atoms with E-state index in [9.17, 15) is 5.11 Å². The summed E-state index contributed by atoms with van der Waals surface area (Å²) < 4.78 is 1.82. The zero-order valence-corrected chi connectivity index (χ0v) is 9.59. The summed E-state index contributed by atoms with van der Waals surface area (Å²) >= 11 is 0. The fraction of sp³-hybridized carbons (Fsp3) is 0.250. The highest BCUT2D eigenvalue weighted by molar-refractivity contribution is 5.44. The van der Waals surface area contributed by atoms with Crippen LogP contribution in [0, 0.1) is 0 Å². The molecule has 0 aliphatic heterocycles. The minimum absolute atomic E-state index is 0.0602. The van der Waals surface area contributed by atoms with Gasteiger partial charge in [0.1, 0.15) is 11.5 Å². The fourth-order valence-corrected chi connectivity index (χ4v) is 1.53. The van der Waals surface area contributed by atoms with Crippen LogP contribution in [0.5, 0.6) is 11.5 Å². The molecular weight excluding hydrogens is 218 g/mol. The van der Waals surface area contributed by atoms with Gasteiger partial charge in [0.05, 0.1) is 11.9 Å². The lowest BCUT2D eigenvalue weighted by atomic mass is 10.2. The summed E-state index contributed by atoms with van der Waals surface area (Å²) in [7, 11) is 0. The Labute approximate surface area is 99.3 Å². The zero-order chi connectivity index (χ0) is 12.3. The van der Waals surface area contributed by atoms with Crippen LogP contribution in [0.25, 0.3) is 0 Å². The predicted molar refractivity (Wildman–Crippen MR) is 65.0 cm³/mol. The van der Waals surface area contributed by atoms with Gasteiger partial charge in [-0.2, -0.15) is 5.10 Å². The molecular formula is C12H15N3O2. The molecule has 0 saturated heterocycles. The number of phenols is 2. The molecule has 2 aromatic rings. The second-order valence-electron chi connectivity index (χ2n) is 3.75. The predicted octanol–water partition coefficient (Wildman–Crippen LogP) is 1.93. The molecule has 2 rings (SSSR count). The van der Waals surface area contributed by atoms with E-state index in [-0.39, 0.29) is 11.5 Å². The number of benzene rings is 1. The fourth-order valence-electron chi connectivity index (χ4n) is 1.53. The van der Waals surface area contributed by atoms with E-state index < -0.39 is 0 Å². The minimum Gasteiger partial charge on any atom is -0.508 e. The van der Waals surface area contributed by atoms with Gasteiger partial charge < -0.3 is 15.5 Å². The van der Waals surface area contributed by atoms with E-state index >= 15 is 0 Å². The number of nitrogens with one attached hydrogen (secondary N) is 1. The first-order valence-electron chi connectivity index (χ1n) is 5.46. The number of rotatable bonds is 4. The number of nitrogens with zero attached hydrogens (tertiary/aromatic N) is 2. The van der Waals surface area contributed by atoms with Gasteiger partial charge in [-0.25, -0.2) is 0 Å². The lowest BCUT2D eigenvalue weighted by Gasteiger charge is -2.06. The average molecular weight is 233 g/mol. The highest BCUT2D eigenvalue weighted by Gasteiger charge is 2.03. The van der Waals surface area contributed by atoms with Crippen molar-refractivity contribution >= 4 is 5.69 Å². The van der Waals surface area contributed by atoms with Crippen LogP contribution in [0.3, 0.4) is 0 Å². The van der Waals surface area contributed by atoms with Crippen molar-refractivity contribution in [2.75, 3.05) is 5.32 Å². The molecule has 0 saturated carbocycles. The maximum Gasteiger partial charge on any atom is 0.124 e. The standard InChI is InChI=1S/C12H15N3O2/c1-2-15-8-10(7-14-15)13-6-9-3-4-11(16)5-12(9)17/h3-5,7-8,13,16-17H,2,6H2,1H3. The smallest absolute Gasteiger partial charge is 0.124 e. The Morgan fingerprint density at radius 3 is 2.82 bits per heavy atom. The molecule has 5 heteroatoms. The Morgan fingerprint density at radius 2 is 2.18 bits per heavy atom. The highest BCUT2D eigenvalue weighted by atomic mass is 16.3. The van der Waals surface area contributed by atoms with Crippen molar-refractivity contribution in [2.24, 2.45) is 0 Å². The lowest BCUT2D eigenvalue weighted by Crippen LogP contribution is -1.99. The quantitative estimate of drug-likeness (QED) is 0.754. The Bertz CT molecular complexity index is 508. The van der Waals surface area contributed by atoms with E-state index in [1.165, 1.54) is 6.07 Å². The van der Waals surface area contributed by atoms with Gasteiger partial charge in [-0.3, -0.25) is 4.68 Å². The SMILES string of the molecule is CCn1cc(NCc2ccc(O)cc2O)cn1. The van der Waals surface area contributed by atoms with E-state index in [4.69, 9.17) is 5.11 Å². The molecule has 0 spiro atoms. The van der Waals surface area contributed by atoms with Gasteiger partial charge in [0.25, 0.3) is 0 Å². The molecule has 0 radical (unpaired) electrons. The van der Waals surface area contributed by atoms with E-state index in [1.807, 2.05) is 17.8 Å². The van der Waals surface area contributed by atoms with E-state index in [1.54, 1.807) is 18.3 Å². The first-order valence-corrected chi connectivity index (χ1v) is 5.46. The van der Waals surface area contributed by atoms with Gasteiger partial charge in [0, 0.05) is 30.9 Å². The number of aryl methyl sites for hydroxylation is 1. The highest BCUT2D eigenvalue weighted by Crippen LogP contribution is 2.23. The van der Waals surface area contributed by atoms with Crippen LogP contribution in [-0.4, -0.2) is 20.0 Å².